The van der Waals surface area contributed by atoms with Gasteiger partial charge in [-0.2, -0.15) is 0 Å². The Morgan fingerprint density at radius 3 is 2.32 bits per heavy atom. The summed E-state index contributed by atoms with van der Waals surface area (Å²) in [7, 11) is 0. The van der Waals surface area contributed by atoms with Crippen molar-refractivity contribution in [1.29, 1.82) is 0 Å². The minimum absolute atomic E-state index is 0.000518. The van der Waals surface area contributed by atoms with Gasteiger partial charge in [0, 0.05) is 0 Å². The van der Waals surface area contributed by atoms with Gasteiger partial charge in [-0.3, -0.25) is 4.79 Å². The fraction of sp³-hybridized carbons (Fsp3) is 0.636. The number of amides is 1. The van der Waals surface area contributed by atoms with Gasteiger partial charge in [-0.25, -0.2) is 9.18 Å². The normalized spacial score (nSPS) is 19.4. The lowest BCUT2D eigenvalue weighted by atomic mass is 9.72. The first-order valence-corrected chi connectivity index (χ1v) is 11.5. The Balaban J connectivity index is 1.81. The number of rotatable bonds is 12. The van der Waals surface area contributed by atoms with Crippen molar-refractivity contribution in [2.75, 3.05) is 6.26 Å². The molecule has 1 saturated heterocycles. The van der Waals surface area contributed by atoms with Gasteiger partial charge in [0.25, 0.3) is 0 Å². The second-order valence-electron chi connectivity index (χ2n) is 7.60. The molecule has 1 fully saturated rings. The van der Waals surface area contributed by atoms with E-state index in [0.717, 1.165) is 50.5 Å². The standard InChI is InChI=1S/C22H32FNO3S/c1-4-22(5-2)20(27)24(21(22)28-3)18(19(25)26)11-9-7-6-8-10-16-12-14-17(23)15-13-16/h12-15,18,21H,4-11H2,1-3H3,(H,25,26). The van der Waals surface area contributed by atoms with E-state index in [4.69, 9.17) is 0 Å². The summed E-state index contributed by atoms with van der Waals surface area (Å²) in [6.45, 7) is 4.03. The molecule has 1 aromatic rings. The van der Waals surface area contributed by atoms with Crippen LogP contribution >= 0.6 is 11.8 Å². The fourth-order valence-electron chi connectivity index (χ4n) is 4.27. The van der Waals surface area contributed by atoms with E-state index in [1.165, 1.54) is 12.1 Å². The Morgan fingerprint density at radius 2 is 1.79 bits per heavy atom. The molecule has 1 N–H and O–H groups in total. The molecule has 0 aliphatic carbocycles. The SMILES string of the molecule is CCC1(CC)C(=O)N(C(CCCCCCc2ccc(F)cc2)C(=O)O)C1SC. The summed E-state index contributed by atoms with van der Waals surface area (Å²) in [6.07, 6.45) is 8.57. The Labute approximate surface area is 171 Å². The van der Waals surface area contributed by atoms with E-state index in [1.54, 1.807) is 16.7 Å². The monoisotopic (exact) mass is 409 g/mol. The molecule has 1 heterocycles. The number of benzene rings is 1. The molecule has 6 heteroatoms. The highest BCUT2D eigenvalue weighted by Crippen LogP contribution is 2.50. The molecule has 28 heavy (non-hydrogen) atoms. The number of aryl methyl sites for hydroxylation is 1. The van der Waals surface area contributed by atoms with E-state index in [-0.39, 0.29) is 17.1 Å². The molecular weight excluding hydrogens is 377 g/mol. The van der Waals surface area contributed by atoms with Gasteiger partial charge in [0.15, 0.2) is 0 Å². The summed E-state index contributed by atoms with van der Waals surface area (Å²) < 4.78 is 12.9. The van der Waals surface area contributed by atoms with Gasteiger partial charge in [-0.1, -0.05) is 45.2 Å². The average molecular weight is 410 g/mol. The number of carboxylic acids is 1. The lowest BCUT2D eigenvalue weighted by molar-refractivity contribution is -0.176. The third-order valence-corrected chi connectivity index (χ3v) is 7.22. The first kappa shape index (κ1) is 22.7. The zero-order valence-electron chi connectivity index (χ0n) is 17.1. The van der Waals surface area contributed by atoms with Gasteiger partial charge >= 0.3 is 5.97 Å². The summed E-state index contributed by atoms with van der Waals surface area (Å²) >= 11 is 1.59. The summed E-state index contributed by atoms with van der Waals surface area (Å²) in [5.41, 5.74) is 0.719. The maximum Gasteiger partial charge on any atom is 0.326 e. The number of halogens is 1. The summed E-state index contributed by atoms with van der Waals surface area (Å²) in [6, 6.07) is 5.84. The van der Waals surface area contributed by atoms with Crippen molar-refractivity contribution in [1.82, 2.24) is 4.90 Å². The Bertz CT molecular complexity index is 660. The Kier molecular flexibility index (Phi) is 8.35. The number of hydrogen-bond acceptors (Lipinski definition) is 3. The van der Waals surface area contributed by atoms with Crippen LogP contribution in [0.25, 0.3) is 0 Å². The van der Waals surface area contributed by atoms with Gasteiger partial charge < -0.3 is 10.0 Å². The minimum Gasteiger partial charge on any atom is -0.480 e. The Hall–Kier alpha value is -1.56. The van der Waals surface area contributed by atoms with Crippen molar-refractivity contribution >= 4 is 23.6 Å². The van der Waals surface area contributed by atoms with E-state index in [1.807, 2.05) is 32.2 Å². The quantitative estimate of drug-likeness (QED) is 0.385. The van der Waals surface area contributed by atoms with Gasteiger partial charge in [0.2, 0.25) is 5.91 Å². The van der Waals surface area contributed by atoms with Crippen molar-refractivity contribution in [3.05, 3.63) is 35.6 Å². The van der Waals surface area contributed by atoms with Gasteiger partial charge in [-0.05, 0) is 56.1 Å². The van der Waals surface area contributed by atoms with Crippen molar-refractivity contribution < 1.29 is 19.1 Å². The predicted octanol–water partition coefficient (Wildman–Crippen LogP) is 5.11. The molecule has 156 valence electrons. The molecule has 1 aliphatic rings. The number of carbonyl (C=O) groups excluding carboxylic acids is 1. The van der Waals surface area contributed by atoms with Crippen LogP contribution in [-0.2, 0) is 16.0 Å². The number of carbonyl (C=O) groups is 2. The van der Waals surface area contributed by atoms with Crippen LogP contribution in [-0.4, -0.2) is 39.6 Å². The van der Waals surface area contributed by atoms with E-state index in [9.17, 15) is 19.1 Å². The molecule has 0 saturated carbocycles. The number of unbranched alkanes of at least 4 members (excludes halogenated alkanes) is 3. The van der Waals surface area contributed by atoms with Crippen LogP contribution in [0, 0.1) is 11.2 Å². The van der Waals surface area contributed by atoms with Crippen LogP contribution < -0.4 is 0 Å². The van der Waals surface area contributed by atoms with E-state index in [2.05, 4.69) is 0 Å². The minimum atomic E-state index is -0.903. The van der Waals surface area contributed by atoms with Crippen LogP contribution in [0.15, 0.2) is 24.3 Å². The largest absolute Gasteiger partial charge is 0.480 e. The first-order chi connectivity index (χ1) is 13.4. The highest BCUT2D eigenvalue weighted by molar-refractivity contribution is 7.99. The zero-order valence-corrected chi connectivity index (χ0v) is 17.9. The molecule has 1 amide bonds. The highest BCUT2D eigenvalue weighted by atomic mass is 32.2. The molecule has 0 spiro atoms. The third-order valence-electron chi connectivity index (χ3n) is 6.10. The summed E-state index contributed by atoms with van der Waals surface area (Å²) in [5, 5.41) is 9.65. The molecule has 1 aromatic carbocycles. The number of nitrogens with zero attached hydrogens (tertiary/aromatic N) is 1. The maximum atomic E-state index is 12.9. The number of likely N-dealkylation sites (tertiary alicyclic amines) is 1. The fourth-order valence-corrected chi connectivity index (χ4v) is 5.62. The van der Waals surface area contributed by atoms with Crippen LogP contribution in [0.3, 0.4) is 0 Å². The maximum absolute atomic E-state index is 12.9. The number of hydrogen-bond donors (Lipinski definition) is 1. The summed E-state index contributed by atoms with van der Waals surface area (Å²) in [4.78, 5) is 26.2. The molecular formula is C22H32FNO3S. The van der Waals surface area contributed by atoms with Crippen molar-refractivity contribution in [3.8, 4) is 0 Å². The lowest BCUT2D eigenvalue weighted by Gasteiger charge is -2.57. The molecule has 1 aliphatic heterocycles. The van der Waals surface area contributed by atoms with E-state index in [0.29, 0.717) is 6.42 Å². The van der Waals surface area contributed by atoms with Crippen LogP contribution in [0.5, 0.6) is 0 Å². The molecule has 4 nitrogen and oxygen atoms in total. The van der Waals surface area contributed by atoms with Gasteiger partial charge in [-0.15, -0.1) is 11.8 Å². The van der Waals surface area contributed by atoms with Crippen LogP contribution in [0.4, 0.5) is 4.39 Å². The second kappa shape index (κ2) is 10.3. The zero-order chi connectivity index (χ0) is 20.7. The molecule has 2 atom stereocenters. The number of aliphatic carboxylic acids is 1. The second-order valence-corrected chi connectivity index (χ2v) is 8.52. The third kappa shape index (κ3) is 4.70. The number of thioether (sulfide) groups is 1. The van der Waals surface area contributed by atoms with Crippen molar-refractivity contribution in [2.45, 2.75) is 76.6 Å². The topological polar surface area (TPSA) is 57.6 Å². The van der Waals surface area contributed by atoms with Gasteiger partial charge in [0.1, 0.15) is 11.9 Å². The molecule has 0 aromatic heterocycles. The number of β-lactam (4-membered cyclic amide) rings is 1. The van der Waals surface area contributed by atoms with E-state index >= 15 is 0 Å². The predicted molar refractivity (Wildman–Crippen MR) is 112 cm³/mol. The van der Waals surface area contributed by atoms with Crippen molar-refractivity contribution in [2.24, 2.45) is 5.41 Å². The highest BCUT2D eigenvalue weighted by Gasteiger charge is 2.60. The summed E-state index contributed by atoms with van der Waals surface area (Å²) in [5.74, 6) is -1.12. The van der Waals surface area contributed by atoms with E-state index < -0.39 is 17.4 Å². The molecule has 2 rings (SSSR count). The Morgan fingerprint density at radius 1 is 1.18 bits per heavy atom. The van der Waals surface area contributed by atoms with Crippen LogP contribution in [0.1, 0.15) is 64.4 Å². The first-order valence-electron chi connectivity index (χ1n) is 10.2. The molecule has 0 bridgehead atoms. The smallest absolute Gasteiger partial charge is 0.326 e. The molecule has 0 radical (unpaired) electrons. The number of carboxylic acid groups (broad SMARTS) is 1. The average Bonchev–Trinajstić information content (AvgIpc) is 2.69. The lowest BCUT2D eigenvalue weighted by Crippen LogP contribution is -2.71. The van der Waals surface area contributed by atoms with Gasteiger partial charge in [0.05, 0.1) is 10.8 Å². The molecule has 2 unspecified atom stereocenters. The van der Waals surface area contributed by atoms with Crippen LogP contribution in [0.2, 0.25) is 0 Å². The van der Waals surface area contributed by atoms with Crippen molar-refractivity contribution in [3.63, 3.8) is 0 Å².